The molecule has 1 unspecified atom stereocenters. The Kier molecular flexibility index (Phi) is 4.13. The minimum atomic E-state index is 0.620. The molecule has 3 heteroatoms. The van der Waals surface area contributed by atoms with E-state index in [4.69, 9.17) is 5.73 Å². The molecule has 1 aromatic carbocycles. The molecule has 0 radical (unpaired) electrons. The zero-order valence-corrected chi connectivity index (χ0v) is 10.6. The average Bonchev–Trinajstić information content (AvgIpc) is 2.35. The van der Waals surface area contributed by atoms with Gasteiger partial charge in [0.05, 0.1) is 0 Å². The Morgan fingerprint density at radius 3 is 3.12 bits per heavy atom. The second-order valence-electron chi connectivity index (χ2n) is 4.32. The molecule has 0 amide bonds. The van der Waals surface area contributed by atoms with Gasteiger partial charge < -0.3 is 11.1 Å². The number of hydrogen-bond donors (Lipinski definition) is 2. The fourth-order valence-corrected chi connectivity index (χ4v) is 2.92. The minimum Gasteiger partial charge on any atom is -0.383 e. The van der Waals surface area contributed by atoms with E-state index in [1.165, 1.54) is 21.9 Å². The van der Waals surface area contributed by atoms with Gasteiger partial charge in [0.25, 0.3) is 0 Å². The van der Waals surface area contributed by atoms with Gasteiger partial charge in [-0.3, -0.25) is 0 Å². The Bertz CT molecular complexity index is 348. The highest BCUT2D eigenvalue weighted by atomic mass is 32.2. The molecule has 2 nitrogen and oxygen atoms in total. The molecule has 1 aliphatic heterocycles. The van der Waals surface area contributed by atoms with Crippen LogP contribution >= 0.6 is 11.8 Å². The number of anilines is 1. The van der Waals surface area contributed by atoms with Crippen LogP contribution in [0.1, 0.15) is 18.9 Å². The highest BCUT2D eigenvalue weighted by molar-refractivity contribution is 7.99. The Morgan fingerprint density at radius 1 is 1.50 bits per heavy atom. The Balaban J connectivity index is 2.10. The van der Waals surface area contributed by atoms with Gasteiger partial charge in [-0.25, -0.2) is 0 Å². The molecule has 1 atom stereocenters. The SMILES string of the molecule is CCC(CN)Cc1ccc2c(c1)NCCS2. The normalized spacial score (nSPS) is 16.4. The van der Waals surface area contributed by atoms with Crippen molar-refractivity contribution in [3.63, 3.8) is 0 Å². The van der Waals surface area contributed by atoms with Crippen molar-refractivity contribution in [2.45, 2.75) is 24.7 Å². The fourth-order valence-electron chi connectivity index (χ4n) is 2.04. The monoisotopic (exact) mass is 236 g/mol. The molecule has 0 spiro atoms. The summed E-state index contributed by atoms with van der Waals surface area (Å²) in [6.07, 6.45) is 2.27. The van der Waals surface area contributed by atoms with Crippen LogP contribution in [-0.4, -0.2) is 18.8 Å². The van der Waals surface area contributed by atoms with Crippen LogP contribution in [0.5, 0.6) is 0 Å². The molecule has 0 saturated heterocycles. The molecular weight excluding hydrogens is 216 g/mol. The molecule has 2 rings (SSSR count). The molecule has 0 aromatic heterocycles. The van der Waals surface area contributed by atoms with Crippen molar-refractivity contribution < 1.29 is 0 Å². The second kappa shape index (κ2) is 5.60. The largest absolute Gasteiger partial charge is 0.383 e. The summed E-state index contributed by atoms with van der Waals surface area (Å²) >= 11 is 1.94. The molecule has 1 heterocycles. The van der Waals surface area contributed by atoms with Crippen LogP contribution in [-0.2, 0) is 6.42 Å². The third kappa shape index (κ3) is 2.71. The summed E-state index contributed by atoms with van der Waals surface area (Å²) in [6, 6.07) is 6.78. The van der Waals surface area contributed by atoms with Crippen molar-refractivity contribution in [2.24, 2.45) is 11.7 Å². The predicted molar refractivity (Wildman–Crippen MR) is 72.2 cm³/mol. The van der Waals surface area contributed by atoms with Gasteiger partial charge in [0.1, 0.15) is 0 Å². The van der Waals surface area contributed by atoms with Crippen molar-refractivity contribution in [1.82, 2.24) is 0 Å². The van der Waals surface area contributed by atoms with E-state index in [-0.39, 0.29) is 0 Å². The smallest absolute Gasteiger partial charge is 0.0481 e. The van der Waals surface area contributed by atoms with Gasteiger partial charge in [-0.1, -0.05) is 19.4 Å². The number of benzene rings is 1. The first kappa shape index (κ1) is 11.8. The first-order valence-electron chi connectivity index (χ1n) is 6.03. The van der Waals surface area contributed by atoms with Crippen molar-refractivity contribution in [2.75, 3.05) is 24.2 Å². The van der Waals surface area contributed by atoms with Crippen LogP contribution in [0.4, 0.5) is 5.69 Å². The summed E-state index contributed by atoms with van der Waals surface area (Å²) in [5.74, 6) is 1.79. The van der Waals surface area contributed by atoms with E-state index in [1.807, 2.05) is 11.8 Å². The van der Waals surface area contributed by atoms with Gasteiger partial charge in [-0.05, 0) is 36.6 Å². The van der Waals surface area contributed by atoms with Crippen molar-refractivity contribution >= 4 is 17.4 Å². The Hall–Kier alpha value is -0.670. The van der Waals surface area contributed by atoms with E-state index in [2.05, 4.69) is 30.4 Å². The van der Waals surface area contributed by atoms with E-state index in [0.29, 0.717) is 5.92 Å². The predicted octanol–water partition coefficient (Wildman–Crippen LogP) is 2.73. The van der Waals surface area contributed by atoms with Gasteiger partial charge in [0.15, 0.2) is 0 Å². The molecule has 16 heavy (non-hydrogen) atoms. The highest BCUT2D eigenvalue weighted by Gasteiger charge is 2.11. The zero-order chi connectivity index (χ0) is 11.4. The van der Waals surface area contributed by atoms with Crippen molar-refractivity contribution in [3.05, 3.63) is 23.8 Å². The van der Waals surface area contributed by atoms with Gasteiger partial charge in [-0.2, -0.15) is 0 Å². The summed E-state index contributed by atoms with van der Waals surface area (Å²) in [7, 11) is 0. The Labute approximate surface area is 102 Å². The minimum absolute atomic E-state index is 0.620. The molecule has 0 bridgehead atoms. The maximum atomic E-state index is 5.75. The van der Waals surface area contributed by atoms with Crippen LogP contribution in [0, 0.1) is 5.92 Å². The maximum Gasteiger partial charge on any atom is 0.0481 e. The molecule has 88 valence electrons. The molecule has 0 aliphatic carbocycles. The highest BCUT2D eigenvalue weighted by Crippen LogP contribution is 2.32. The lowest BCUT2D eigenvalue weighted by Gasteiger charge is -2.19. The number of hydrogen-bond acceptors (Lipinski definition) is 3. The average molecular weight is 236 g/mol. The van der Waals surface area contributed by atoms with Crippen LogP contribution in [0.2, 0.25) is 0 Å². The van der Waals surface area contributed by atoms with E-state index in [1.54, 1.807) is 0 Å². The van der Waals surface area contributed by atoms with E-state index in [0.717, 1.165) is 25.9 Å². The number of thioether (sulfide) groups is 1. The Morgan fingerprint density at radius 2 is 2.38 bits per heavy atom. The second-order valence-corrected chi connectivity index (χ2v) is 5.46. The molecule has 3 N–H and O–H groups in total. The van der Waals surface area contributed by atoms with Crippen LogP contribution in [0.15, 0.2) is 23.1 Å². The van der Waals surface area contributed by atoms with Gasteiger partial charge in [0.2, 0.25) is 0 Å². The summed E-state index contributed by atoms with van der Waals surface area (Å²) in [5, 5.41) is 3.46. The summed E-state index contributed by atoms with van der Waals surface area (Å²) < 4.78 is 0. The van der Waals surface area contributed by atoms with Gasteiger partial charge in [0, 0.05) is 22.9 Å². The van der Waals surface area contributed by atoms with Gasteiger partial charge >= 0.3 is 0 Å². The lowest BCUT2D eigenvalue weighted by molar-refractivity contribution is 0.519. The molecule has 1 aliphatic rings. The van der Waals surface area contributed by atoms with Crippen molar-refractivity contribution in [1.29, 1.82) is 0 Å². The standard InChI is InChI=1S/C13H20N2S/c1-2-10(9-14)7-11-3-4-13-12(8-11)15-5-6-16-13/h3-4,8,10,15H,2,5-7,9,14H2,1H3. The van der Waals surface area contributed by atoms with E-state index >= 15 is 0 Å². The van der Waals surface area contributed by atoms with Crippen LogP contribution < -0.4 is 11.1 Å². The van der Waals surface area contributed by atoms with Crippen LogP contribution in [0.25, 0.3) is 0 Å². The van der Waals surface area contributed by atoms with E-state index in [9.17, 15) is 0 Å². The summed E-state index contributed by atoms with van der Waals surface area (Å²) in [5.41, 5.74) is 8.46. The zero-order valence-electron chi connectivity index (χ0n) is 9.83. The quantitative estimate of drug-likeness (QED) is 0.844. The lowest BCUT2D eigenvalue weighted by Crippen LogP contribution is -2.16. The molecular formula is C13H20N2S. The molecule has 0 fully saturated rings. The fraction of sp³-hybridized carbons (Fsp3) is 0.538. The maximum absolute atomic E-state index is 5.75. The molecule has 0 saturated carbocycles. The third-order valence-electron chi connectivity index (χ3n) is 3.15. The summed E-state index contributed by atoms with van der Waals surface area (Å²) in [6.45, 7) is 4.08. The summed E-state index contributed by atoms with van der Waals surface area (Å²) in [4.78, 5) is 1.38. The first-order valence-corrected chi connectivity index (χ1v) is 7.01. The first-order chi connectivity index (χ1) is 7.83. The third-order valence-corrected chi connectivity index (χ3v) is 4.23. The lowest BCUT2D eigenvalue weighted by atomic mass is 9.97. The number of rotatable bonds is 4. The number of nitrogens with two attached hydrogens (primary N) is 1. The van der Waals surface area contributed by atoms with E-state index < -0.39 is 0 Å². The van der Waals surface area contributed by atoms with Crippen LogP contribution in [0.3, 0.4) is 0 Å². The topological polar surface area (TPSA) is 38.0 Å². The molecule has 1 aromatic rings. The number of nitrogens with one attached hydrogen (secondary N) is 1. The number of fused-ring (bicyclic) bond motifs is 1. The van der Waals surface area contributed by atoms with Crippen molar-refractivity contribution in [3.8, 4) is 0 Å². The van der Waals surface area contributed by atoms with Gasteiger partial charge in [-0.15, -0.1) is 11.8 Å².